The first-order valence-corrected chi connectivity index (χ1v) is 7.32. The van der Waals surface area contributed by atoms with Crippen molar-refractivity contribution in [2.75, 3.05) is 38.3 Å². The summed E-state index contributed by atoms with van der Waals surface area (Å²) in [5, 5.41) is 3.49. The van der Waals surface area contributed by atoms with Crippen molar-refractivity contribution in [3.05, 3.63) is 17.3 Å². The minimum Gasteiger partial charge on any atom is -0.489 e. The van der Waals surface area contributed by atoms with Crippen molar-refractivity contribution in [2.24, 2.45) is 0 Å². The van der Waals surface area contributed by atoms with E-state index in [-0.39, 0.29) is 0 Å². The lowest BCUT2D eigenvalue weighted by atomic mass is 10.1. The molecule has 1 aromatic rings. The van der Waals surface area contributed by atoms with E-state index in [1.165, 1.54) is 5.56 Å². The normalized spacial score (nSPS) is 24.4. The average molecular weight is 277 g/mol. The number of pyridine rings is 1. The number of nitrogens with one attached hydrogen (secondary N) is 1. The first-order valence-electron chi connectivity index (χ1n) is 7.32. The predicted molar refractivity (Wildman–Crippen MR) is 78.6 cm³/mol. The van der Waals surface area contributed by atoms with Gasteiger partial charge in [-0.25, -0.2) is 4.98 Å². The number of ether oxygens (including phenoxy) is 2. The summed E-state index contributed by atoms with van der Waals surface area (Å²) in [4.78, 5) is 7.27. The molecule has 0 bridgehead atoms. The molecule has 0 amide bonds. The second kappa shape index (κ2) is 5.58. The summed E-state index contributed by atoms with van der Waals surface area (Å²) in [6.45, 7) is 7.52. The fourth-order valence-electron chi connectivity index (χ4n) is 3.19. The summed E-state index contributed by atoms with van der Waals surface area (Å²) in [7, 11) is 1.68. The van der Waals surface area contributed by atoms with Gasteiger partial charge in [0.25, 0.3) is 0 Å². The van der Waals surface area contributed by atoms with Crippen LogP contribution in [0.3, 0.4) is 0 Å². The lowest BCUT2D eigenvalue weighted by molar-refractivity contribution is 0.145. The van der Waals surface area contributed by atoms with Crippen LogP contribution in [0.1, 0.15) is 18.2 Å². The Morgan fingerprint density at radius 3 is 3.05 bits per heavy atom. The molecule has 2 aliphatic rings. The summed E-state index contributed by atoms with van der Waals surface area (Å²) in [6, 6.07) is 3.20. The van der Waals surface area contributed by atoms with E-state index in [9.17, 15) is 0 Å². The zero-order valence-electron chi connectivity index (χ0n) is 12.5. The van der Waals surface area contributed by atoms with Crippen molar-refractivity contribution in [3.8, 4) is 5.75 Å². The Bertz CT molecular complexity index is 492. The van der Waals surface area contributed by atoms with E-state index in [1.54, 1.807) is 7.11 Å². The maximum absolute atomic E-state index is 5.76. The Labute approximate surface area is 120 Å². The molecule has 20 heavy (non-hydrogen) atoms. The van der Waals surface area contributed by atoms with Crippen LogP contribution in [0.4, 0.5) is 5.82 Å². The van der Waals surface area contributed by atoms with E-state index in [0.29, 0.717) is 25.3 Å². The van der Waals surface area contributed by atoms with Crippen LogP contribution in [0.25, 0.3) is 0 Å². The van der Waals surface area contributed by atoms with Gasteiger partial charge in [0.2, 0.25) is 0 Å². The number of anilines is 1. The molecule has 5 nitrogen and oxygen atoms in total. The highest BCUT2D eigenvalue weighted by atomic mass is 16.5. The van der Waals surface area contributed by atoms with Crippen LogP contribution in [0.2, 0.25) is 0 Å². The van der Waals surface area contributed by atoms with Crippen LogP contribution in [-0.4, -0.2) is 50.5 Å². The average Bonchev–Trinajstić information content (AvgIpc) is 2.78. The third-order valence-corrected chi connectivity index (χ3v) is 4.16. The predicted octanol–water partition coefficient (Wildman–Crippen LogP) is 1.14. The molecule has 1 aromatic heterocycles. The van der Waals surface area contributed by atoms with E-state index in [2.05, 4.69) is 23.2 Å². The number of hydrogen-bond donors (Lipinski definition) is 1. The Kier molecular flexibility index (Phi) is 3.81. The molecule has 0 spiro atoms. The third-order valence-electron chi connectivity index (χ3n) is 4.16. The SMILES string of the molecule is COCCOc1cc2c(nc1C)N1[C@@H](CNC[C@H]1C)C2. The summed E-state index contributed by atoms with van der Waals surface area (Å²) >= 11 is 0. The number of methoxy groups -OCH3 is 1. The van der Waals surface area contributed by atoms with Crippen molar-refractivity contribution in [1.82, 2.24) is 10.3 Å². The lowest BCUT2D eigenvalue weighted by Crippen LogP contribution is -2.55. The molecular weight excluding hydrogens is 254 g/mol. The largest absolute Gasteiger partial charge is 0.489 e. The van der Waals surface area contributed by atoms with E-state index in [1.807, 2.05) is 6.92 Å². The van der Waals surface area contributed by atoms with Crippen molar-refractivity contribution < 1.29 is 9.47 Å². The van der Waals surface area contributed by atoms with E-state index in [4.69, 9.17) is 14.5 Å². The number of fused-ring (bicyclic) bond motifs is 3. The molecule has 0 unspecified atom stereocenters. The fraction of sp³-hybridized carbons (Fsp3) is 0.667. The van der Waals surface area contributed by atoms with Crippen molar-refractivity contribution in [3.63, 3.8) is 0 Å². The molecule has 110 valence electrons. The molecule has 3 heterocycles. The molecular formula is C15H23N3O2. The van der Waals surface area contributed by atoms with Crippen molar-refractivity contribution in [1.29, 1.82) is 0 Å². The Balaban J connectivity index is 1.84. The monoisotopic (exact) mass is 277 g/mol. The second-order valence-corrected chi connectivity index (χ2v) is 5.67. The molecule has 5 heteroatoms. The maximum Gasteiger partial charge on any atom is 0.141 e. The highest BCUT2D eigenvalue weighted by Gasteiger charge is 2.36. The Morgan fingerprint density at radius 2 is 2.25 bits per heavy atom. The molecule has 0 aromatic carbocycles. The zero-order chi connectivity index (χ0) is 14.1. The number of aromatic nitrogens is 1. The summed E-state index contributed by atoms with van der Waals surface area (Å²) in [6.07, 6.45) is 1.06. The molecule has 0 aliphatic carbocycles. The molecule has 3 rings (SSSR count). The van der Waals surface area contributed by atoms with Gasteiger partial charge in [0.15, 0.2) is 0 Å². The lowest BCUT2D eigenvalue weighted by Gasteiger charge is -2.37. The van der Waals surface area contributed by atoms with Gasteiger partial charge in [0, 0.05) is 37.8 Å². The number of nitrogens with zero attached hydrogens (tertiary/aromatic N) is 2. The highest BCUT2D eigenvalue weighted by molar-refractivity contribution is 5.58. The van der Waals surface area contributed by atoms with Crippen molar-refractivity contribution in [2.45, 2.75) is 32.4 Å². The molecule has 2 atom stereocenters. The van der Waals surface area contributed by atoms with E-state index < -0.39 is 0 Å². The van der Waals surface area contributed by atoms with Crippen molar-refractivity contribution >= 4 is 5.82 Å². The maximum atomic E-state index is 5.76. The van der Waals surface area contributed by atoms with Gasteiger partial charge in [0.1, 0.15) is 18.2 Å². The molecule has 0 saturated carbocycles. The molecule has 1 N–H and O–H groups in total. The second-order valence-electron chi connectivity index (χ2n) is 5.67. The van der Waals surface area contributed by atoms with Crippen LogP contribution in [0.15, 0.2) is 6.07 Å². The molecule has 1 saturated heterocycles. The van der Waals surface area contributed by atoms with Gasteiger partial charge in [-0.2, -0.15) is 0 Å². The van der Waals surface area contributed by atoms with Gasteiger partial charge in [-0.15, -0.1) is 0 Å². The first kappa shape index (κ1) is 13.6. The zero-order valence-corrected chi connectivity index (χ0v) is 12.5. The first-order chi connectivity index (χ1) is 9.70. The van der Waals surface area contributed by atoms with Crippen LogP contribution < -0.4 is 15.0 Å². The number of piperazine rings is 1. The number of aryl methyl sites for hydroxylation is 1. The third kappa shape index (κ3) is 2.36. The van der Waals surface area contributed by atoms with Gasteiger partial charge in [-0.3, -0.25) is 0 Å². The Morgan fingerprint density at radius 1 is 1.40 bits per heavy atom. The minimum absolute atomic E-state index is 0.502. The molecule has 2 aliphatic heterocycles. The standard InChI is InChI=1S/C15H23N3O2/c1-10-8-16-9-13-6-12-7-14(20-5-4-19-3)11(2)17-15(12)18(10)13/h7,10,13,16H,4-6,8-9H2,1-3H3/t10-,13-/m1/s1. The quantitative estimate of drug-likeness (QED) is 0.836. The van der Waals surface area contributed by atoms with E-state index >= 15 is 0 Å². The summed E-state index contributed by atoms with van der Waals surface area (Å²) in [5.41, 5.74) is 2.27. The van der Waals surface area contributed by atoms with Gasteiger partial charge in [-0.1, -0.05) is 0 Å². The van der Waals surface area contributed by atoms with Crippen LogP contribution >= 0.6 is 0 Å². The van der Waals surface area contributed by atoms with Crippen LogP contribution in [0, 0.1) is 6.92 Å². The molecule has 0 radical (unpaired) electrons. The van der Waals surface area contributed by atoms with Crippen LogP contribution in [0.5, 0.6) is 5.75 Å². The van der Waals surface area contributed by atoms with Gasteiger partial charge < -0.3 is 19.7 Å². The van der Waals surface area contributed by atoms with Gasteiger partial charge in [-0.05, 0) is 26.3 Å². The van der Waals surface area contributed by atoms with Gasteiger partial charge >= 0.3 is 0 Å². The number of hydrogen-bond acceptors (Lipinski definition) is 5. The topological polar surface area (TPSA) is 46.6 Å². The fourth-order valence-corrected chi connectivity index (χ4v) is 3.19. The number of rotatable bonds is 4. The molecule has 1 fully saturated rings. The Hall–Kier alpha value is -1.33. The highest BCUT2D eigenvalue weighted by Crippen LogP contribution is 2.36. The minimum atomic E-state index is 0.502. The smallest absolute Gasteiger partial charge is 0.141 e. The summed E-state index contributed by atoms with van der Waals surface area (Å²) < 4.78 is 10.8. The summed E-state index contributed by atoms with van der Waals surface area (Å²) in [5.74, 6) is 2.04. The van der Waals surface area contributed by atoms with Crippen LogP contribution in [-0.2, 0) is 11.2 Å². The van der Waals surface area contributed by atoms with E-state index in [0.717, 1.165) is 36.8 Å². The van der Waals surface area contributed by atoms with Gasteiger partial charge in [0.05, 0.1) is 12.3 Å².